The quantitative estimate of drug-likeness (QED) is 0.265. The van der Waals surface area contributed by atoms with E-state index in [2.05, 4.69) is 52.0 Å². The molecule has 4 unspecified atom stereocenters. The molecule has 4 atom stereocenters. The van der Waals surface area contributed by atoms with Crippen molar-refractivity contribution in [1.29, 1.82) is 0 Å². The summed E-state index contributed by atoms with van der Waals surface area (Å²) in [5.74, 6) is 0. The average molecular weight is 447 g/mol. The van der Waals surface area contributed by atoms with E-state index < -0.39 is 0 Å². The van der Waals surface area contributed by atoms with Crippen molar-refractivity contribution in [3.63, 3.8) is 0 Å². The molecule has 0 aromatic heterocycles. The maximum absolute atomic E-state index is 5.94. The Bertz CT molecular complexity index is 595. The Kier molecular flexibility index (Phi) is 10.0. The molecule has 0 aliphatic carbocycles. The van der Waals surface area contributed by atoms with E-state index in [4.69, 9.17) is 18.9 Å². The van der Waals surface area contributed by atoms with Crippen molar-refractivity contribution in [2.45, 2.75) is 104 Å². The molecule has 2 saturated heterocycles. The van der Waals surface area contributed by atoms with Gasteiger partial charge in [0, 0.05) is 26.4 Å². The van der Waals surface area contributed by atoms with Gasteiger partial charge in [-0.15, -0.1) is 0 Å². The summed E-state index contributed by atoms with van der Waals surface area (Å²) in [4.78, 5) is 0. The normalized spacial score (nSPS) is 24.2. The molecule has 2 heterocycles. The van der Waals surface area contributed by atoms with Gasteiger partial charge in [-0.2, -0.15) is 0 Å². The highest BCUT2D eigenvalue weighted by Crippen LogP contribution is 2.40. The Morgan fingerprint density at radius 1 is 0.750 bits per heavy atom. The van der Waals surface area contributed by atoms with Gasteiger partial charge in [-0.3, -0.25) is 0 Å². The molecule has 3 rings (SSSR count). The molecule has 4 nitrogen and oxygen atoms in total. The van der Waals surface area contributed by atoms with Crippen LogP contribution in [0.3, 0.4) is 0 Å². The number of ether oxygens (including phenoxy) is 4. The third-order valence-corrected chi connectivity index (χ3v) is 8.20. The molecule has 2 aliphatic rings. The summed E-state index contributed by atoms with van der Waals surface area (Å²) in [6, 6.07) is 8.66. The van der Waals surface area contributed by atoms with E-state index in [0.29, 0.717) is 36.3 Å². The third-order valence-electron chi connectivity index (χ3n) is 8.20. The number of rotatable bonds is 16. The predicted molar refractivity (Wildman–Crippen MR) is 130 cm³/mol. The van der Waals surface area contributed by atoms with E-state index in [0.717, 1.165) is 39.3 Å². The molecule has 0 bridgehead atoms. The van der Waals surface area contributed by atoms with Crippen LogP contribution in [0.1, 0.15) is 90.2 Å². The lowest BCUT2D eigenvalue weighted by atomic mass is 9.75. The molecule has 1 aromatic rings. The molecule has 2 fully saturated rings. The standard InChI is InChI=1S/C28H46O4/c1-5-27(3,25-13-19-31-25)15-7-17-29-21-23-9-11-24(12-10-23)22-30-18-8-16-28(4,6-2)26-14-20-32-26/h9-12,25-26H,5-8,13-22H2,1-4H3. The van der Waals surface area contributed by atoms with Crippen LogP contribution in [-0.2, 0) is 32.2 Å². The van der Waals surface area contributed by atoms with Gasteiger partial charge in [0.05, 0.1) is 25.4 Å². The minimum atomic E-state index is 0.309. The summed E-state index contributed by atoms with van der Waals surface area (Å²) >= 11 is 0. The van der Waals surface area contributed by atoms with Gasteiger partial charge in [-0.05, 0) is 73.3 Å². The second-order valence-electron chi connectivity index (χ2n) is 10.4. The highest BCUT2D eigenvalue weighted by molar-refractivity contribution is 5.21. The van der Waals surface area contributed by atoms with Crippen molar-refractivity contribution in [1.82, 2.24) is 0 Å². The lowest BCUT2D eigenvalue weighted by molar-refractivity contribution is -0.127. The minimum Gasteiger partial charge on any atom is -0.377 e. The van der Waals surface area contributed by atoms with Crippen LogP contribution in [-0.4, -0.2) is 38.6 Å². The Morgan fingerprint density at radius 3 is 1.41 bits per heavy atom. The predicted octanol–water partition coefficient (Wildman–Crippen LogP) is 6.69. The second-order valence-corrected chi connectivity index (χ2v) is 10.4. The summed E-state index contributed by atoms with van der Waals surface area (Å²) in [5.41, 5.74) is 3.08. The smallest absolute Gasteiger partial charge is 0.0716 e. The topological polar surface area (TPSA) is 36.9 Å². The Balaban J connectivity index is 1.25. The van der Waals surface area contributed by atoms with Crippen molar-refractivity contribution in [2.75, 3.05) is 26.4 Å². The minimum absolute atomic E-state index is 0.309. The fraction of sp³-hybridized carbons (Fsp3) is 0.786. The highest BCUT2D eigenvalue weighted by Gasteiger charge is 2.37. The third kappa shape index (κ3) is 7.03. The lowest BCUT2D eigenvalue weighted by Gasteiger charge is -2.42. The summed E-state index contributed by atoms with van der Waals surface area (Å²) in [6.07, 6.45) is 10.2. The highest BCUT2D eigenvalue weighted by atomic mass is 16.5. The van der Waals surface area contributed by atoms with Crippen LogP contribution in [0, 0.1) is 10.8 Å². The fourth-order valence-corrected chi connectivity index (χ4v) is 4.97. The fourth-order valence-electron chi connectivity index (χ4n) is 4.97. The van der Waals surface area contributed by atoms with Crippen molar-refractivity contribution >= 4 is 0 Å². The molecular weight excluding hydrogens is 400 g/mol. The largest absolute Gasteiger partial charge is 0.377 e. The van der Waals surface area contributed by atoms with Crippen LogP contribution in [0.4, 0.5) is 0 Å². The van der Waals surface area contributed by atoms with Gasteiger partial charge in [-0.1, -0.05) is 52.0 Å². The van der Waals surface area contributed by atoms with Gasteiger partial charge in [0.2, 0.25) is 0 Å². The van der Waals surface area contributed by atoms with Gasteiger partial charge in [0.15, 0.2) is 0 Å². The van der Waals surface area contributed by atoms with E-state index >= 15 is 0 Å². The van der Waals surface area contributed by atoms with E-state index in [1.807, 2.05) is 0 Å². The van der Waals surface area contributed by atoms with Crippen LogP contribution in [0.15, 0.2) is 24.3 Å². The number of hydrogen-bond donors (Lipinski definition) is 0. The monoisotopic (exact) mass is 446 g/mol. The van der Waals surface area contributed by atoms with Crippen LogP contribution >= 0.6 is 0 Å². The first-order chi connectivity index (χ1) is 15.5. The first-order valence-corrected chi connectivity index (χ1v) is 13.0. The Hall–Kier alpha value is -0.940. The van der Waals surface area contributed by atoms with Gasteiger partial charge in [0.1, 0.15) is 0 Å². The summed E-state index contributed by atoms with van der Waals surface area (Å²) in [7, 11) is 0. The molecule has 0 spiro atoms. The number of hydrogen-bond acceptors (Lipinski definition) is 4. The first-order valence-electron chi connectivity index (χ1n) is 13.0. The maximum Gasteiger partial charge on any atom is 0.0716 e. The first kappa shape index (κ1) is 25.7. The van der Waals surface area contributed by atoms with Crippen molar-refractivity contribution in [3.8, 4) is 0 Å². The Labute approximate surface area is 196 Å². The maximum atomic E-state index is 5.94. The van der Waals surface area contributed by atoms with Crippen LogP contribution < -0.4 is 0 Å². The van der Waals surface area contributed by atoms with Crippen LogP contribution in [0.25, 0.3) is 0 Å². The molecule has 0 amide bonds. The van der Waals surface area contributed by atoms with Crippen LogP contribution in [0.2, 0.25) is 0 Å². The molecule has 2 aliphatic heterocycles. The molecule has 0 saturated carbocycles. The van der Waals surface area contributed by atoms with Gasteiger partial charge < -0.3 is 18.9 Å². The van der Waals surface area contributed by atoms with Gasteiger partial charge >= 0.3 is 0 Å². The zero-order valence-corrected chi connectivity index (χ0v) is 21.0. The lowest BCUT2D eigenvalue weighted by Crippen LogP contribution is -2.42. The Morgan fingerprint density at radius 2 is 1.12 bits per heavy atom. The molecule has 1 aromatic carbocycles. The van der Waals surface area contributed by atoms with Crippen molar-refractivity contribution in [2.24, 2.45) is 10.8 Å². The number of benzene rings is 1. The van der Waals surface area contributed by atoms with E-state index in [-0.39, 0.29) is 0 Å². The zero-order valence-electron chi connectivity index (χ0n) is 21.0. The van der Waals surface area contributed by atoms with Gasteiger partial charge in [0.25, 0.3) is 0 Å². The van der Waals surface area contributed by atoms with E-state index in [1.165, 1.54) is 49.7 Å². The summed E-state index contributed by atoms with van der Waals surface area (Å²) in [6.45, 7) is 14.2. The van der Waals surface area contributed by atoms with Crippen LogP contribution in [0.5, 0.6) is 0 Å². The zero-order chi connectivity index (χ0) is 22.9. The van der Waals surface area contributed by atoms with E-state index in [1.54, 1.807) is 0 Å². The molecule has 0 radical (unpaired) electrons. The molecule has 0 N–H and O–H groups in total. The van der Waals surface area contributed by atoms with E-state index in [9.17, 15) is 0 Å². The average Bonchev–Trinajstić information content (AvgIpc) is 2.71. The summed E-state index contributed by atoms with van der Waals surface area (Å²) in [5, 5.41) is 0. The SMILES string of the molecule is CCC(C)(CCCOCc1ccc(COCCCC(C)(CC)C2CCO2)cc1)C1CCO1. The second kappa shape index (κ2) is 12.5. The van der Waals surface area contributed by atoms with Crippen molar-refractivity contribution < 1.29 is 18.9 Å². The van der Waals surface area contributed by atoms with Crippen molar-refractivity contribution in [3.05, 3.63) is 35.4 Å². The molecular formula is C28H46O4. The molecule has 32 heavy (non-hydrogen) atoms. The van der Waals surface area contributed by atoms with Gasteiger partial charge in [-0.25, -0.2) is 0 Å². The molecule has 182 valence electrons. The summed E-state index contributed by atoms with van der Waals surface area (Å²) < 4.78 is 23.4. The molecule has 4 heteroatoms.